The number of alkyl halides is 2. The Balaban J connectivity index is 1.68. The number of nitrogens with one attached hydrogen (secondary N) is 1. The van der Waals surface area contributed by atoms with Crippen molar-refractivity contribution in [3.05, 3.63) is 48.5 Å². The van der Waals surface area contributed by atoms with Gasteiger partial charge in [-0.05, 0) is 30.3 Å². The largest absolute Gasteiger partial charge is 0.399 e. The van der Waals surface area contributed by atoms with Gasteiger partial charge in [0.15, 0.2) is 5.82 Å². The Hall–Kier alpha value is -3.93. The Labute approximate surface area is 181 Å². The lowest BCUT2D eigenvalue weighted by Crippen LogP contribution is -2.37. The lowest BCUT2D eigenvalue weighted by atomic mass is 10.3. The van der Waals surface area contributed by atoms with Gasteiger partial charge < -0.3 is 20.7 Å². The number of hydrogen-bond acceptors (Lipinski definition) is 9. The van der Waals surface area contributed by atoms with E-state index in [9.17, 15) is 8.78 Å². The number of nitrogen functional groups attached to an aromatic ring is 1. The van der Waals surface area contributed by atoms with Crippen LogP contribution in [0.3, 0.4) is 0 Å². The molecule has 5 rings (SSSR count). The number of imidazole rings is 1. The predicted octanol–water partition coefficient (Wildman–Crippen LogP) is 2.71. The summed E-state index contributed by atoms with van der Waals surface area (Å²) in [6.45, 7) is 2.16. The van der Waals surface area contributed by atoms with Crippen molar-refractivity contribution in [3.63, 3.8) is 0 Å². The molecule has 10 nitrogen and oxygen atoms in total. The van der Waals surface area contributed by atoms with Gasteiger partial charge in [-0.15, -0.1) is 0 Å². The molecule has 4 aromatic rings. The van der Waals surface area contributed by atoms with Crippen LogP contribution in [0.15, 0.2) is 42.7 Å². The lowest BCUT2D eigenvalue weighted by Gasteiger charge is -2.27. The summed E-state index contributed by atoms with van der Waals surface area (Å²) in [5.74, 6) is 0.0689. The van der Waals surface area contributed by atoms with Gasteiger partial charge in [-0.3, -0.25) is 9.55 Å². The number of nitrogens with zero attached hydrogens (tertiary/aromatic N) is 7. The second-order valence-electron chi connectivity index (χ2n) is 7.08. The minimum absolute atomic E-state index is 0.0104. The van der Waals surface area contributed by atoms with E-state index < -0.39 is 12.2 Å². The van der Waals surface area contributed by atoms with E-state index >= 15 is 0 Å². The summed E-state index contributed by atoms with van der Waals surface area (Å²) in [5.41, 5.74) is 7.72. The van der Waals surface area contributed by atoms with E-state index in [1.54, 1.807) is 42.7 Å². The molecule has 1 fully saturated rings. The number of rotatable bonds is 5. The zero-order valence-corrected chi connectivity index (χ0v) is 16.8. The van der Waals surface area contributed by atoms with E-state index in [-0.39, 0.29) is 11.9 Å². The number of hydrogen-bond donors (Lipinski definition) is 2. The molecule has 32 heavy (non-hydrogen) atoms. The Bertz CT molecular complexity index is 1240. The van der Waals surface area contributed by atoms with Crippen LogP contribution in [0.25, 0.3) is 17.0 Å². The first kappa shape index (κ1) is 20.0. The van der Waals surface area contributed by atoms with E-state index in [0.29, 0.717) is 54.7 Å². The van der Waals surface area contributed by atoms with Gasteiger partial charge in [0.2, 0.25) is 17.8 Å². The molecule has 0 amide bonds. The van der Waals surface area contributed by atoms with Crippen LogP contribution in [0.2, 0.25) is 0 Å². The van der Waals surface area contributed by atoms with E-state index in [1.165, 1.54) is 4.57 Å². The van der Waals surface area contributed by atoms with Gasteiger partial charge in [-0.25, -0.2) is 13.8 Å². The second kappa shape index (κ2) is 8.30. The van der Waals surface area contributed by atoms with Crippen molar-refractivity contribution in [2.24, 2.45) is 0 Å². The highest BCUT2D eigenvalue weighted by molar-refractivity contribution is 5.81. The van der Waals surface area contributed by atoms with Crippen LogP contribution < -0.4 is 16.0 Å². The van der Waals surface area contributed by atoms with E-state index in [4.69, 9.17) is 10.5 Å². The van der Waals surface area contributed by atoms with Crippen molar-refractivity contribution < 1.29 is 13.5 Å². The lowest BCUT2D eigenvalue weighted by molar-refractivity contribution is 0.122. The normalized spacial score (nSPS) is 14.3. The molecular weight excluding hydrogens is 420 g/mol. The second-order valence-corrected chi connectivity index (χ2v) is 7.08. The number of nitrogens with two attached hydrogens (primary N) is 1. The molecule has 1 saturated heterocycles. The highest BCUT2D eigenvalue weighted by atomic mass is 19.3. The zero-order chi connectivity index (χ0) is 22.1. The first-order valence-corrected chi connectivity index (χ1v) is 9.91. The van der Waals surface area contributed by atoms with Crippen molar-refractivity contribution in [1.29, 1.82) is 0 Å². The average Bonchev–Trinajstić information content (AvgIpc) is 3.19. The van der Waals surface area contributed by atoms with Crippen molar-refractivity contribution in [2.45, 2.75) is 6.43 Å². The monoisotopic (exact) mass is 439 g/mol. The molecule has 12 heteroatoms. The number of benzene rings is 1. The average molecular weight is 439 g/mol. The number of ether oxygens (including phenoxy) is 1. The molecule has 0 spiro atoms. The van der Waals surface area contributed by atoms with Crippen LogP contribution in [-0.2, 0) is 4.74 Å². The molecule has 0 saturated carbocycles. The first-order chi connectivity index (χ1) is 15.6. The zero-order valence-electron chi connectivity index (χ0n) is 16.8. The van der Waals surface area contributed by atoms with E-state index in [2.05, 4.69) is 30.2 Å². The highest BCUT2D eigenvalue weighted by Gasteiger charge is 2.24. The summed E-state index contributed by atoms with van der Waals surface area (Å²) in [6, 6.07) is 8.32. The fourth-order valence-electron chi connectivity index (χ4n) is 3.45. The third-order valence-electron chi connectivity index (χ3n) is 4.92. The van der Waals surface area contributed by atoms with Gasteiger partial charge >= 0.3 is 0 Å². The Morgan fingerprint density at radius 1 is 1.03 bits per heavy atom. The number of halogens is 2. The van der Waals surface area contributed by atoms with Crippen LogP contribution in [0.1, 0.15) is 12.2 Å². The number of pyridine rings is 1. The summed E-state index contributed by atoms with van der Waals surface area (Å²) in [4.78, 5) is 23.5. The van der Waals surface area contributed by atoms with Crippen molar-refractivity contribution in [2.75, 3.05) is 42.3 Å². The Morgan fingerprint density at radius 3 is 2.59 bits per heavy atom. The number of anilines is 4. The third-order valence-corrected chi connectivity index (χ3v) is 4.92. The molecule has 0 atom stereocenters. The molecule has 0 unspecified atom stereocenters. The molecule has 3 N–H and O–H groups in total. The minimum Gasteiger partial charge on any atom is -0.399 e. The number of fused-ring (bicyclic) bond motifs is 1. The Kier molecular flexibility index (Phi) is 5.19. The van der Waals surface area contributed by atoms with Crippen molar-refractivity contribution in [3.8, 4) is 5.95 Å². The van der Waals surface area contributed by atoms with Crippen LogP contribution in [-0.4, -0.2) is 55.8 Å². The topological polar surface area (TPSA) is 120 Å². The smallest absolute Gasteiger partial charge is 0.296 e. The molecule has 0 radical (unpaired) electrons. The van der Waals surface area contributed by atoms with Gasteiger partial charge in [0.25, 0.3) is 6.43 Å². The summed E-state index contributed by atoms with van der Waals surface area (Å²) >= 11 is 0. The van der Waals surface area contributed by atoms with Gasteiger partial charge in [-0.1, -0.05) is 0 Å². The maximum absolute atomic E-state index is 13.9. The molecule has 1 aliphatic heterocycles. The van der Waals surface area contributed by atoms with Gasteiger partial charge in [0.05, 0.1) is 36.1 Å². The molecule has 0 bridgehead atoms. The first-order valence-electron chi connectivity index (χ1n) is 9.91. The molecule has 1 aliphatic rings. The van der Waals surface area contributed by atoms with Gasteiger partial charge in [0.1, 0.15) is 0 Å². The maximum Gasteiger partial charge on any atom is 0.296 e. The fourth-order valence-corrected chi connectivity index (χ4v) is 3.45. The summed E-state index contributed by atoms with van der Waals surface area (Å²) < 4.78 is 34.5. The molecule has 0 aliphatic carbocycles. The van der Waals surface area contributed by atoms with Crippen LogP contribution in [0.5, 0.6) is 0 Å². The molecular formula is C20H19F2N9O. The third kappa shape index (κ3) is 3.87. The van der Waals surface area contributed by atoms with Crippen LogP contribution in [0.4, 0.5) is 32.1 Å². The minimum atomic E-state index is -2.85. The van der Waals surface area contributed by atoms with Crippen LogP contribution >= 0.6 is 0 Å². The SMILES string of the molecule is Nc1ccc2nc(C(F)F)n(-c3nc(Nc4cccnc4)nc(N4CCOCC4)n3)c2c1. The highest BCUT2D eigenvalue weighted by Crippen LogP contribution is 2.29. The summed E-state index contributed by atoms with van der Waals surface area (Å²) in [7, 11) is 0. The fraction of sp³-hybridized carbons (Fsp3) is 0.250. The quantitative estimate of drug-likeness (QED) is 0.452. The summed E-state index contributed by atoms with van der Waals surface area (Å²) in [5, 5.41) is 3.07. The molecule has 3 aromatic heterocycles. The molecule has 4 heterocycles. The van der Waals surface area contributed by atoms with Gasteiger partial charge in [0, 0.05) is 25.0 Å². The van der Waals surface area contributed by atoms with Crippen LogP contribution in [0, 0.1) is 0 Å². The van der Waals surface area contributed by atoms with E-state index in [1.807, 2.05) is 4.90 Å². The summed E-state index contributed by atoms with van der Waals surface area (Å²) in [6.07, 6.45) is 0.401. The number of morpholine rings is 1. The molecule has 164 valence electrons. The van der Waals surface area contributed by atoms with Crippen molar-refractivity contribution in [1.82, 2.24) is 29.5 Å². The molecule has 1 aromatic carbocycles. The standard InChI is InChI=1S/C20H19F2N9O/c21-16(22)17-26-14-4-3-12(23)10-15(14)31(17)20-28-18(25-13-2-1-5-24-11-13)27-19(29-20)30-6-8-32-9-7-30/h1-5,10-11,16H,6-9,23H2,(H,25,27,28,29). The number of aromatic nitrogens is 6. The van der Waals surface area contributed by atoms with Gasteiger partial charge in [-0.2, -0.15) is 15.0 Å². The predicted molar refractivity (Wildman–Crippen MR) is 114 cm³/mol. The van der Waals surface area contributed by atoms with Crippen molar-refractivity contribution >= 4 is 34.3 Å². The van der Waals surface area contributed by atoms with E-state index in [0.717, 1.165) is 0 Å². The Morgan fingerprint density at radius 2 is 1.84 bits per heavy atom. The maximum atomic E-state index is 13.9.